The Hall–Kier alpha value is -1.69. The summed E-state index contributed by atoms with van der Waals surface area (Å²) in [6, 6.07) is 5.58. The molecule has 5 nitrogen and oxygen atoms in total. The van der Waals surface area contributed by atoms with Gasteiger partial charge in [0.2, 0.25) is 0 Å². The van der Waals surface area contributed by atoms with E-state index in [0.29, 0.717) is 11.0 Å². The summed E-state index contributed by atoms with van der Waals surface area (Å²) in [4.78, 5) is 27.6. The number of aromatic nitrogens is 2. The van der Waals surface area contributed by atoms with Gasteiger partial charge in [-0.2, -0.15) is 11.8 Å². The van der Waals surface area contributed by atoms with E-state index >= 15 is 0 Å². The van der Waals surface area contributed by atoms with Crippen molar-refractivity contribution in [1.29, 1.82) is 0 Å². The van der Waals surface area contributed by atoms with Crippen molar-refractivity contribution in [2.75, 3.05) is 23.4 Å². The highest BCUT2D eigenvalue weighted by Gasteiger charge is 2.14. The Labute approximate surface area is 113 Å². The first-order valence-electron chi connectivity index (χ1n) is 6.30. The van der Waals surface area contributed by atoms with Crippen LogP contribution in [0, 0.1) is 5.92 Å². The Bertz CT molecular complexity index is 701. The van der Waals surface area contributed by atoms with Crippen molar-refractivity contribution in [2.45, 2.75) is 6.42 Å². The summed E-state index contributed by atoms with van der Waals surface area (Å²) in [5.41, 5.74) is 1.03. The Morgan fingerprint density at radius 1 is 1.21 bits per heavy atom. The first-order valence-corrected chi connectivity index (χ1v) is 7.46. The fourth-order valence-electron chi connectivity index (χ4n) is 2.23. The van der Waals surface area contributed by atoms with Gasteiger partial charge in [-0.25, -0.2) is 0 Å². The Morgan fingerprint density at radius 3 is 2.74 bits per heavy atom. The van der Waals surface area contributed by atoms with E-state index in [1.165, 1.54) is 17.9 Å². The number of rotatable bonds is 3. The van der Waals surface area contributed by atoms with Gasteiger partial charge in [-0.15, -0.1) is 0 Å². The van der Waals surface area contributed by atoms with Crippen molar-refractivity contribution in [1.82, 2.24) is 9.97 Å². The zero-order chi connectivity index (χ0) is 13.2. The third-order valence-corrected chi connectivity index (χ3v) is 4.57. The molecule has 0 radical (unpaired) electrons. The second-order valence-corrected chi connectivity index (χ2v) is 5.93. The van der Waals surface area contributed by atoms with Gasteiger partial charge >= 0.3 is 11.1 Å². The summed E-state index contributed by atoms with van der Waals surface area (Å²) >= 11 is 2.00. The molecule has 2 aromatic rings. The number of hydrogen-bond acceptors (Lipinski definition) is 4. The summed E-state index contributed by atoms with van der Waals surface area (Å²) in [6.07, 6.45) is 1.26. The molecule has 0 amide bonds. The summed E-state index contributed by atoms with van der Waals surface area (Å²) in [5, 5.41) is 3.39. The highest BCUT2D eigenvalue weighted by atomic mass is 32.2. The van der Waals surface area contributed by atoms with Gasteiger partial charge in [0.25, 0.3) is 0 Å². The molecule has 2 heterocycles. The molecule has 1 aliphatic rings. The van der Waals surface area contributed by atoms with Gasteiger partial charge in [0.1, 0.15) is 0 Å². The van der Waals surface area contributed by atoms with Crippen LogP contribution in [0.4, 0.5) is 5.69 Å². The summed E-state index contributed by atoms with van der Waals surface area (Å²) in [7, 11) is 0. The first kappa shape index (κ1) is 12.3. The van der Waals surface area contributed by atoms with Gasteiger partial charge in [-0.05, 0) is 42.0 Å². The van der Waals surface area contributed by atoms with Gasteiger partial charge in [0, 0.05) is 12.2 Å². The largest absolute Gasteiger partial charge is 0.385 e. The van der Waals surface area contributed by atoms with E-state index in [4.69, 9.17) is 0 Å². The highest BCUT2D eigenvalue weighted by Crippen LogP contribution is 2.24. The predicted molar refractivity (Wildman–Crippen MR) is 79.1 cm³/mol. The molecular formula is C13H15N3O2S. The molecule has 0 bridgehead atoms. The molecule has 3 rings (SSSR count). The van der Waals surface area contributed by atoms with Crippen molar-refractivity contribution in [3.8, 4) is 0 Å². The average molecular weight is 277 g/mol. The zero-order valence-corrected chi connectivity index (χ0v) is 11.2. The van der Waals surface area contributed by atoms with Crippen LogP contribution < -0.4 is 16.4 Å². The Balaban J connectivity index is 1.82. The maximum Gasteiger partial charge on any atom is 0.314 e. The fraction of sp³-hybridized carbons (Fsp3) is 0.385. The van der Waals surface area contributed by atoms with Crippen LogP contribution in [-0.4, -0.2) is 28.0 Å². The number of fused-ring (bicyclic) bond motifs is 1. The van der Waals surface area contributed by atoms with Crippen LogP contribution in [0.25, 0.3) is 11.0 Å². The van der Waals surface area contributed by atoms with Crippen molar-refractivity contribution < 1.29 is 0 Å². The van der Waals surface area contributed by atoms with E-state index in [1.807, 2.05) is 23.9 Å². The lowest BCUT2D eigenvalue weighted by Crippen LogP contribution is -2.28. The topological polar surface area (TPSA) is 77.8 Å². The molecule has 0 spiro atoms. The van der Waals surface area contributed by atoms with Crippen molar-refractivity contribution in [3.05, 3.63) is 38.9 Å². The molecular weight excluding hydrogens is 262 g/mol. The molecule has 1 saturated heterocycles. The number of aromatic amines is 2. The standard InChI is InChI=1S/C13H15N3O2S/c17-12-13(18)16-11-5-9(1-2-10(11)15-12)14-6-8-3-4-19-7-8/h1-2,5,8,14H,3-4,6-7H2,(H,15,17)(H,16,18). The first-order chi connectivity index (χ1) is 9.22. The number of hydrogen-bond donors (Lipinski definition) is 3. The van der Waals surface area contributed by atoms with Gasteiger partial charge in [-0.1, -0.05) is 0 Å². The third-order valence-electron chi connectivity index (χ3n) is 3.34. The maximum absolute atomic E-state index is 11.3. The van der Waals surface area contributed by atoms with E-state index in [-0.39, 0.29) is 0 Å². The van der Waals surface area contributed by atoms with E-state index in [0.717, 1.165) is 18.2 Å². The second kappa shape index (κ2) is 5.13. The Kier molecular flexibility index (Phi) is 3.33. The minimum Gasteiger partial charge on any atom is -0.385 e. The van der Waals surface area contributed by atoms with E-state index in [1.54, 1.807) is 6.07 Å². The lowest BCUT2D eigenvalue weighted by atomic mass is 10.1. The second-order valence-electron chi connectivity index (χ2n) is 4.78. The molecule has 1 unspecified atom stereocenters. The molecule has 1 aromatic heterocycles. The van der Waals surface area contributed by atoms with Crippen LogP contribution in [0.15, 0.2) is 27.8 Å². The van der Waals surface area contributed by atoms with Crippen molar-refractivity contribution in [3.63, 3.8) is 0 Å². The highest BCUT2D eigenvalue weighted by molar-refractivity contribution is 7.99. The number of anilines is 1. The summed E-state index contributed by atoms with van der Waals surface area (Å²) < 4.78 is 0. The SMILES string of the molecule is O=c1[nH]c2ccc(NCC3CCSC3)cc2[nH]c1=O. The fourth-order valence-corrected chi connectivity index (χ4v) is 3.52. The maximum atomic E-state index is 11.3. The number of thioether (sulfide) groups is 1. The zero-order valence-electron chi connectivity index (χ0n) is 10.4. The molecule has 1 aromatic carbocycles. The van der Waals surface area contributed by atoms with E-state index in [2.05, 4.69) is 15.3 Å². The van der Waals surface area contributed by atoms with Gasteiger partial charge in [0.15, 0.2) is 0 Å². The van der Waals surface area contributed by atoms with Gasteiger partial charge in [-0.3, -0.25) is 9.59 Å². The lowest BCUT2D eigenvalue weighted by Gasteiger charge is -2.11. The van der Waals surface area contributed by atoms with Crippen LogP contribution in [0.2, 0.25) is 0 Å². The molecule has 19 heavy (non-hydrogen) atoms. The van der Waals surface area contributed by atoms with Crippen molar-refractivity contribution in [2.24, 2.45) is 5.92 Å². The van der Waals surface area contributed by atoms with Crippen LogP contribution in [0.5, 0.6) is 0 Å². The monoisotopic (exact) mass is 277 g/mol. The Morgan fingerprint density at radius 2 is 2.00 bits per heavy atom. The molecule has 0 aliphatic carbocycles. The van der Waals surface area contributed by atoms with Crippen LogP contribution >= 0.6 is 11.8 Å². The number of nitrogens with one attached hydrogen (secondary N) is 3. The molecule has 3 N–H and O–H groups in total. The smallest absolute Gasteiger partial charge is 0.314 e. The van der Waals surface area contributed by atoms with Crippen LogP contribution in [0.3, 0.4) is 0 Å². The van der Waals surface area contributed by atoms with Gasteiger partial charge in [0.05, 0.1) is 11.0 Å². The molecule has 100 valence electrons. The van der Waals surface area contributed by atoms with E-state index < -0.39 is 11.1 Å². The number of H-pyrrole nitrogens is 2. The average Bonchev–Trinajstić information content (AvgIpc) is 2.91. The van der Waals surface area contributed by atoms with Gasteiger partial charge < -0.3 is 15.3 Å². The molecule has 6 heteroatoms. The molecule has 1 atom stereocenters. The molecule has 1 fully saturated rings. The summed E-state index contributed by atoms with van der Waals surface area (Å²) in [5.74, 6) is 3.18. The van der Waals surface area contributed by atoms with Crippen molar-refractivity contribution >= 4 is 28.5 Å². The van der Waals surface area contributed by atoms with Crippen LogP contribution in [0.1, 0.15) is 6.42 Å². The third kappa shape index (κ3) is 2.68. The lowest BCUT2D eigenvalue weighted by molar-refractivity contribution is 0.632. The quantitative estimate of drug-likeness (QED) is 0.741. The minimum atomic E-state index is -0.615. The molecule has 1 aliphatic heterocycles. The molecule has 0 saturated carbocycles. The minimum absolute atomic E-state index is 0.614. The predicted octanol–water partition coefficient (Wildman–Crippen LogP) is 1.38. The number of benzene rings is 1. The van der Waals surface area contributed by atoms with Crippen LogP contribution in [-0.2, 0) is 0 Å². The normalized spacial score (nSPS) is 18.8. The van der Waals surface area contributed by atoms with E-state index in [9.17, 15) is 9.59 Å². The summed E-state index contributed by atoms with van der Waals surface area (Å²) in [6.45, 7) is 0.950.